The Balaban J connectivity index is 1.97. The van der Waals surface area contributed by atoms with Crippen molar-refractivity contribution in [1.82, 2.24) is 5.01 Å². The molecule has 106 valence electrons. The van der Waals surface area contributed by atoms with Crippen molar-refractivity contribution in [2.24, 2.45) is 5.10 Å². The van der Waals surface area contributed by atoms with E-state index < -0.39 is 0 Å². The number of benzene rings is 1. The van der Waals surface area contributed by atoms with E-state index in [-0.39, 0.29) is 0 Å². The highest BCUT2D eigenvalue weighted by Crippen LogP contribution is 2.37. The second-order valence-corrected chi connectivity index (χ2v) is 4.52. The topological polar surface area (TPSA) is 64.4 Å². The third-order valence-corrected chi connectivity index (χ3v) is 3.05. The molecule has 1 aromatic carbocycles. The van der Waals surface area contributed by atoms with Gasteiger partial charge in [-0.15, -0.1) is 0 Å². The number of rotatable bonds is 5. The predicted molar refractivity (Wildman–Crippen MR) is 79.6 cm³/mol. The molecule has 0 atom stereocenters. The lowest BCUT2D eigenvalue weighted by atomic mass is 10.0. The first kappa shape index (κ1) is 14.0. The van der Waals surface area contributed by atoms with Crippen LogP contribution in [0.25, 0.3) is 4.85 Å². The fourth-order valence-corrected chi connectivity index (χ4v) is 2.06. The molecule has 0 fully saturated rings. The summed E-state index contributed by atoms with van der Waals surface area (Å²) >= 11 is 0. The monoisotopic (exact) mass is 275 g/mol. The van der Waals surface area contributed by atoms with Crippen LogP contribution in [0.2, 0.25) is 0 Å². The first-order valence-electron chi connectivity index (χ1n) is 6.53. The molecule has 0 saturated carbocycles. The largest absolute Gasteiger partial charge is 0.491 e. The van der Waals surface area contributed by atoms with Gasteiger partial charge in [0, 0.05) is 12.6 Å². The average Bonchev–Trinajstić information content (AvgIpc) is 2.48. The third kappa shape index (κ3) is 3.32. The Bertz CT molecular complexity index is 537. The molecule has 0 saturated heterocycles. The normalized spacial score (nSPS) is 13.4. The maximum atomic E-state index is 5.91. The summed E-state index contributed by atoms with van der Waals surface area (Å²) in [4.78, 5) is 3.30. The van der Waals surface area contributed by atoms with E-state index in [1.54, 1.807) is 5.01 Å². The molecule has 6 nitrogen and oxygen atoms in total. The maximum Gasteiger partial charge on any atom is 0.412 e. The fourth-order valence-electron chi connectivity index (χ4n) is 2.06. The lowest BCUT2D eigenvalue weighted by Gasteiger charge is -2.22. The number of nitrogens with zero attached hydrogens (tertiary/aromatic N) is 3. The molecule has 1 heterocycles. The number of nitrogen functional groups attached to an aromatic ring is 1. The highest BCUT2D eigenvalue weighted by atomic mass is 16.5. The minimum absolute atomic E-state index is 0.509. The van der Waals surface area contributed by atoms with Gasteiger partial charge in [-0.3, -0.25) is 0 Å². The van der Waals surface area contributed by atoms with Gasteiger partial charge >= 0.3 is 6.34 Å². The SMILES string of the molecule is C#[N+]/C=N\N(C)CCOc1ccc(N)c2c1CCCO2. The molecule has 0 radical (unpaired) electrons. The first-order chi connectivity index (χ1) is 9.72. The lowest BCUT2D eigenvalue weighted by molar-refractivity contribution is 0.236. The van der Waals surface area contributed by atoms with E-state index in [1.165, 1.54) is 6.34 Å². The Morgan fingerprint density at radius 3 is 3.25 bits per heavy atom. The van der Waals surface area contributed by atoms with Crippen molar-refractivity contribution < 1.29 is 9.47 Å². The van der Waals surface area contributed by atoms with Crippen LogP contribution in [-0.2, 0) is 6.42 Å². The van der Waals surface area contributed by atoms with E-state index >= 15 is 0 Å². The number of hydrogen-bond donors (Lipinski definition) is 1. The second-order valence-electron chi connectivity index (χ2n) is 4.52. The van der Waals surface area contributed by atoms with Crippen LogP contribution in [0, 0.1) is 6.57 Å². The van der Waals surface area contributed by atoms with Crippen LogP contribution in [0.1, 0.15) is 12.0 Å². The Morgan fingerprint density at radius 1 is 1.60 bits per heavy atom. The van der Waals surface area contributed by atoms with Crippen LogP contribution in [0.5, 0.6) is 11.5 Å². The summed E-state index contributed by atoms with van der Waals surface area (Å²) in [6.07, 6.45) is 3.20. The summed E-state index contributed by atoms with van der Waals surface area (Å²) in [6, 6.07) is 3.70. The quantitative estimate of drug-likeness (QED) is 0.385. The molecule has 0 unspecified atom stereocenters. The minimum atomic E-state index is 0.509. The molecule has 0 bridgehead atoms. The number of fused-ring (bicyclic) bond motifs is 1. The first-order valence-corrected chi connectivity index (χ1v) is 6.53. The minimum Gasteiger partial charge on any atom is -0.491 e. The van der Waals surface area contributed by atoms with Gasteiger partial charge < -0.3 is 15.2 Å². The number of likely N-dealkylation sites (N-methyl/N-ethyl adjacent to an activating group) is 1. The summed E-state index contributed by atoms with van der Waals surface area (Å²) in [5.41, 5.74) is 7.63. The molecule has 0 amide bonds. The number of nitrogens with two attached hydrogens (primary N) is 1. The molecular formula is C14H19N4O2+. The van der Waals surface area contributed by atoms with E-state index in [1.807, 2.05) is 19.2 Å². The van der Waals surface area contributed by atoms with Gasteiger partial charge in [-0.25, -0.2) is 5.01 Å². The number of anilines is 1. The molecule has 20 heavy (non-hydrogen) atoms. The smallest absolute Gasteiger partial charge is 0.412 e. The number of hydrazone groups is 1. The summed E-state index contributed by atoms with van der Waals surface area (Å²) in [5, 5.41) is 5.67. The van der Waals surface area contributed by atoms with Crippen molar-refractivity contribution in [3.05, 3.63) is 22.5 Å². The molecule has 0 aliphatic carbocycles. The van der Waals surface area contributed by atoms with Crippen molar-refractivity contribution in [3.8, 4) is 18.1 Å². The Labute approximate surface area is 118 Å². The molecule has 2 N–H and O–H groups in total. The Morgan fingerprint density at radius 2 is 2.45 bits per heavy atom. The van der Waals surface area contributed by atoms with Crippen LogP contribution >= 0.6 is 0 Å². The molecule has 1 aromatic rings. The van der Waals surface area contributed by atoms with Crippen molar-refractivity contribution in [1.29, 1.82) is 0 Å². The molecule has 1 aliphatic rings. The maximum absolute atomic E-state index is 5.91. The number of ether oxygens (including phenoxy) is 2. The van der Waals surface area contributed by atoms with Gasteiger partial charge in [0.05, 0.1) is 23.9 Å². The van der Waals surface area contributed by atoms with E-state index in [4.69, 9.17) is 21.8 Å². The zero-order chi connectivity index (χ0) is 14.4. The van der Waals surface area contributed by atoms with Crippen molar-refractivity contribution >= 4 is 12.0 Å². The Kier molecular flexibility index (Phi) is 4.66. The summed E-state index contributed by atoms with van der Waals surface area (Å²) in [7, 11) is 1.83. The zero-order valence-corrected chi connectivity index (χ0v) is 11.6. The molecule has 0 aromatic heterocycles. The summed E-state index contributed by atoms with van der Waals surface area (Å²) < 4.78 is 11.4. The Hall–Kier alpha value is -2.42. The summed E-state index contributed by atoms with van der Waals surface area (Å²) in [5.74, 6) is 1.59. The number of hydrogen-bond acceptors (Lipinski definition) is 5. The standard InChI is InChI=1S/C14H19N4O2/c1-16-10-17-18(2)7-9-19-13-6-5-12(15)14-11(13)4-3-8-20-14/h1,5-6,10H,3-4,7-9,15H2,2H3/q+1/b17-10-. The van der Waals surface area contributed by atoms with E-state index in [0.717, 1.165) is 29.9 Å². The zero-order valence-electron chi connectivity index (χ0n) is 11.6. The molecule has 2 rings (SSSR count). The molecular weight excluding hydrogens is 256 g/mol. The van der Waals surface area contributed by atoms with Crippen molar-refractivity contribution in [2.75, 3.05) is 32.5 Å². The average molecular weight is 275 g/mol. The van der Waals surface area contributed by atoms with E-state index in [0.29, 0.717) is 25.4 Å². The van der Waals surface area contributed by atoms with Gasteiger partial charge in [-0.1, -0.05) is 0 Å². The van der Waals surface area contributed by atoms with Gasteiger partial charge in [0.1, 0.15) is 24.7 Å². The highest BCUT2D eigenvalue weighted by molar-refractivity contribution is 5.66. The molecule has 1 aliphatic heterocycles. The van der Waals surface area contributed by atoms with Gasteiger partial charge in [0.15, 0.2) is 0 Å². The van der Waals surface area contributed by atoms with Gasteiger partial charge in [0.2, 0.25) is 0 Å². The predicted octanol–water partition coefficient (Wildman–Crippen LogP) is 1.81. The van der Waals surface area contributed by atoms with E-state index in [9.17, 15) is 0 Å². The molecule has 6 heteroatoms. The van der Waals surface area contributed by atoms with Crippen LogP contribution in [-0.4, -0.2) is 38.2 Å². The summed E-state index contributed by atoms with van der Waals surface area (Å²) in [6.45, 7) is 6.83. The van der Waals surface area contributed by atoms with Crippen LogP contribution in [0.15, 0.2) is 17.2 Å². The van der Waals surface area contributed by atoms with Gasteiger partial charge in [-0.2, -0.15) is 4.85 Å². The van der Waals surface area contributed by atoms with Crippen molar-refractivity contribution in [3.63, 3.8) is 0 Å². The van der Waals surface area contributed by atoms with Crippen LogP contribution in [0.3, 0.4) is 0 Å². The fraction of sp³-hybridized carbons (Fsp3) is 0.429. The lowest BCUT2D eigenvalue weighted by Crippen LogP contribution is -2.20. The van der Waals surface area contributed by atoms with Gasteiger partial charge in [0.25, 0.3) is 0 Å². The van der Waals surface area contributed by atoms with Crippen LogP contribution < -0.4 is 15.2 Å². The second kappa shape index (κ2) is 6.66. The van der Waals surface area contributed by atoms with Crippen LogP contribution in [0.4, 0.5) is 5.69 Å². The van der Waals surface area contributed by atoms with Crippen molar-refractivity contribution in [2.45, 2.75) is 12.8 Å². The van der Waals surface area contributed by atoms with Gasteiger partial charge in [-0.05, 0) is 25.0 Å². The molecule has 0 spiro atoms. The van der Waals surface area contributed by atoms with E-state index in [2.05, 4.69) is 9.95 Å². The highest BCUT2D eigenvalue weighted by Gasteiger charge is 2.18. The third-order valence-electron chi connectivity index (χ3n) is 3.05.